The Morgan fingerprint density at radius 3 is 3.00 bits per heavy atom. The summed E-state index contributed by atoms with van der Waals surface area (Å²) in [7, 11) is 0. The molecule has 0 spiro atoms. The molecule has 2 rings (SSSR count). The number of carbonyl (C=O) groups excluding carboxylic acids is 1. The van der Waals surface area contributed by atoms with Crippen LogP contribution >= 0.6 is 0 Å². The van der Waals surface area contributed by atoms with E-state index in [9.17, 15) is 4.79 Å². The zero-order chi connectivity index (χ0) is 9.80. The maximum atomic E-state index is 11.5. The van der Waals surface area contributed by atoms with Gasteiger partial charge in [0.15, 0.2) is 0 Å². The minimum atomic E-state index is 0.370. The standard InChI is InChI=1S/C11H20N2O/c14-11-5-1-2-8-13(11)9-6-10-4-3-7-12-10/h10,12H,1-9H2. The molecule has 1 atom stereocenters. The first-order chi connectivity index (χ1) is 6.86. The third kappa shape index (κ3) is 2.47. The molecule has 3 nitrogen and oxygen atoms in total. The van der Waals surface area contributed by atoms with Crippen LogP contribution in [0, 0.1) is 0 Å². The predicted octanol–water partition coefficient (Wildman–Crippen LogP) is 1.14. The normalized spacial score (nSPS) is 28.4. The van der Waals surface area contributed by atoms with E-state index in [1.807, 2.05) is 4.90 Å². The number of rotatable bonds is 3. The number of nitrogens with zero attached hydrogens (tertiary/aromatic N) is 1. The highest BCUT2D eigenvalue weighted by Crippen LogP contribution is 2.14. The number of amides is 1. The molecule has 14 heavy (non-hydrogen) atoms. The van der Waals surface area contributed by atoms with Gasteiger partial charge in [-0.2, -0.15) is 0 Å². The van der Waals surface area contributed by atoms with Gasteiger partial charge in [-0.05, 0) is 38.6 Å². The lowest BCUT2D eigenvalue weighted by Crippen LogP contribution is -2.38. The molecular formula is C11H20N2O. The summed E-state index contributed by atoms with van der Waals surface area (Å²) in [5.74, 6) is 0.370. The van der Waals surface area contributed by atoms with Gasteiger partial charge in [0.25, 0.3) is 0 Å². The summed E-state index contributed by atoms with van der Waals surface area (Å²) in [6.45, 7) is 3.13. The smallest absolute Gasteiger partial charge is 0.222 e. The molecule has 1 unspecified atom stereocenters. The van der Waals surface area contributed by atoms with Crippen molar-refractivity contribution >= 4 is 5.91 Å². The Balaban J connectivity index is 1.70. The summed E-state index contributed by atoms with van der Waals surface area (Å²) >= 11 is 0. The molecule has 0 aromatic rings. The molecule has 2 heterocycles. The zero-order valence-electron chi connectivity index (χ0n) is 8.80. The van der Waals surface area contributed by atoms with Crippen LogP contribution in [0.1, 0.15) is 38.5 Å². The van der Waals surface area contributed by atoms with E-state index in [-0.39, 0.29) is 0 Å². The molecule has 1 amide bonds. The van der Waals surface area contributed by atoms with Gasteiger partial charge in [-0.25, -0.2) is 0 Å². The minimum absolute atomic E-state index is 0.370. The van der Waals surface area contributed by atoms with Crippen LogP contribution in [0.2, 0.25) is 0 Å². The van der Waals surface area contributed by atoms with Crippen LogP contribution in [0.5, 0.6) is 0 Å². The number of piperidine rings is 1. The van der Waals surface area contributed by atoms with E-state index in [0.29, 0.717) is 11.9 Å². The fourth-order valence-corrected chi connectivity index (χ4v) is 2.41. The van der Waals surface area contributed by atoms with Crippen molar-refractivity contribution < 1.29 is 4.79 Å². The van der Waals surface area contributed by atoms with E-state index in [1.165, 1.54) is 25.8 Å². The third-order valence-electron chi connectivity index (χ3n) is 3.33. The average molecular weight is 196 g/mol. The van der Waals surface area contributed by atoms with Gasteiger partial charge < -0.3 is 10.2 Å². The third-order valence-corrected chi connectivity index (χ3v) is 3.33. The first-order valence-corrected chi connectivity index (χ1v) is 5.87. The summed E-state index contributed by atoms with van der Waals surface area (Å²) in [6, 6.07) is 0.671. The minimum Gasteiger partial charge on any atom is -0.343 e. The van der Waals surface area contributed by atoms with E-state index in [4.69, 9.17) is 0 Å². The van der Waals surface area contributed by atoms with Gasteiger partial charge >= 0.3 is 0 Å². The molecule has 80 valence electrons. The van der Waals surface area contributed by atoms with Crippen LogP contribution in [-0.4, -0.2) is 36.5 Å². The molecule has 0 aliphatic carbocycles. The fraction of sp³-hybridized carbons (Fsp3) is 0.909. The van der Waals surface area contributed by atoms with Crippen LogP contribution in [-0.2, 0) is 4.79 Å². The Hall–Kier alpha value is -0.570. The van der Waals surface area contributed by atoms with Gasteiger partial charge in [0, 0.05) is 25.6 Å². The van der Waals surface area contributed by atoms with E-state index in [0.717, 1.165) is 32.4 Å². The molecule has 0 saturated carbocycles. The van der Waals surface area contributed by atoms with Crippen molar-refractivity contribution in [2.45, 2.75) is 44.6 Å². The molecule has 0 radical (unpaired) electrons. The second-order valence-electron chi connectivity index (χ2n) is 4.42. The highest BCUT2D eigenvalue weighted by molar-refractivity contribution is 5.76. The molecule has 0 aromatic carbocycles. The molecule has 0 aromatic heterocycles. The van der Waals surface area contributed by atoms with Crippen molar-refractivity contribution in [3.8, 4) is 0 Å². The van der Waals surface area contributed by atoms with Crippen molar-refractivity contribution in [2.75, 3.05) is 19.6 Å². The largest absolute Gasteiger partial charge is 0.343 e. The van der Waals surface area contributed by atoms with Gasteiger partial charge in [0.1, 0.15) is 0 Å². The summed E-state index contributed by atoms with van der Waals surface area (Å²) in [6.07, 6.45) is 6.81. The predicted molar refractivity (Wildman–Crippen MR) is 56.1 cm³/mol. The number of hydrogen-bond acceptors (Lipinski definition) is 2. The Bertz CT molecular complexity index is 199. The van der Waals surface area contributed by atoms with Crippen LogP contribution in [0.25, 0.3) is 0 Å². The zero-order valence-corrected chi connectivity index (χ0v) is 8.80. The summed E-state index contributed by atoms with van der Waals surface area (Å²) in [5.41, 5.74) is 0. The van der Waals surface area contributed by atoms with Gasteiger partial charge in [-0.1, -0.05) is 0 Å². The SMILES string of the molecule is O=C1CCCCN1CCC1CCCN1. The molecule has 2 aliphatic rings. The molecule has 0 bridgehead atoms. The van der Waals surface area contributed by atoms with Crippen molar-refractivity contribution in [1.82, 2.24) is 10.2 Å². The topological polar surface area (TPSA) is 32.3 Å². The molecule has 3 heteroatoms. The molecular weight excluding hydrogens is 176 g/mol. The first-order valence-electron chi connectivity index (χ1n) is 5.87. The van der Waals surface area contributed by atoms with Crippen LogP contribution in [0.3, 0.4) is 0 Å². The Kier molecular flexibility index (Phi) is 3.40. The molecule has 2 fully saturated rings. The van der Waals surface area contributed by atoms with E-state index in [1.54, 1.807) is 0 Å². The van der Waals surface area contributed by atoms with Crippen molar-refractivity contribution in [1.29, 1.82) is 0 Å². The highest BCUT2D eigenvalue weighted by atomic mass is 16.2. The molecule has 2 saturated heterocycles. The lowest BCUT2D eigenvalue weighted by Gasteiger charge is -2.27. The quantitative estimate of drug-likeness (QED) is 0.734. The van der Waals surface area contributed by atoms with Crippen LogP contribution in [0.4, 0.5) is 0 Å². The van der Waals surface area contributed by atoms with Crippen molar-refractivity contribution in [2.24, 2.45) is 0 Å². The number of hydrogen-bond donors (Lipinski definition) is 1. The second-order valence-corrected chi connectivity index (χ2v) is 4.42. The van der Waals surface area contributed by atoms with Gasteiger partial charge in [0.05, 0.1) is 0 Å². The Labute approximate surface area is 85.8 Å². The van der Waals surface area contributed by atoms with Crippen LogP contribution in [0.15, 0.2) is 0 Å². The maximum absolute atomic E-state index is 11.5. The average Bonchev–Trinajstić information content (AvgIpc) is 2.69. The fourth-order valence-electron chi connectivity index (χ4n) is 2.41. The van der Waals surface area contributed by atoms with E-state index in [2.05, 4.69) is 5.32 Å². The lowest BCUT2D eigenvalue weighted by atomic mass is 10.1. The van der Waals surface area contributed by atoms with Crippen molar-refractivity contribution in [3.05, 3.63) is 0 Å². The Morgan fingerprint density at radius 1 is 1.36 bits per heavy atom. The van der Waals surface area contributed by atoms with Gasteiger partial charge in [-0.15, -0.1) is 0 Å². The highest BCUT2D eigenvalue weighted by Gasteiger charge is 2.20. The van der Waals surface area contributed by atoms with E-state index < -0.39 is 0 Å². The lowest BCUT2D eigenvalue weighted by molar-refractivity contribution is -0.133. The number of carbonyl (C=O) groups is 1. The number of likely N-dealkylation sites (tertiary alicyclic amines) is 1. The summed E-state index contributed by atoms with van der Waals surface area (Å²) in [5, 5.41) is 3.47. The number of nitrogens with one attached hydrogen (secondary N) is 1. The van der Waals surface area contributed by atoms with Crippen LogP contribution < -0.4 is 5.32 Å². The van der Waals surface area contributed by atoms with Gasteiger partial charge in [0.2, 0.25) is 5.91 Å². The molecule has 2 aliphatic heterocycles. The molecule has 1 N–H and O–H groups in total. The first kappa shape index (κ1) is 9.97. The van der Waals surface area contributed by atoms with Crippen molar-refractivity contribution in [3.63, 3.8) is 0 Å². The summed E-state index contributed by atoms with van der Waals surface area (Å²) in [4.78, 5) is 13.5. The van der Waals surface area contributed by atoms with Gasteiger partial charge in [-0.3, -0.25) is 4.79 Å². The second kappa shape index (κ2) is 4.78. The summed E-state index contributed by atoms with van der Waals surface area (Å²) < 4.78 is 0. The van der Waals surface area contributed by atoms with E-state index >= 15 is 0 Å². The monoisotopic (exact) mass is 196 g/mol. The Morgan fingerprint density at radius 2 is 2.29 bits per heavy atom. The maximum Gasteiger partial charge on any atom is 0.222 e.